The van der Waals surface area contributed by atoms with Crippen LogP contribution in [0.1, 0.15) is 46.8 Å². The first-order valence-electron chi connectivity index (χ1n) is 10.6. The summed E-state index contributed by atoms with van der Waals surface area (Å²) >= 11 is 0. The molecule has 2 aromatic rings. The van der Waals surface area contributed by atoms with E-state index in [4.69, 9.17) is 5.73 Å². The van der Waals surface area contributed by atoms with Crippen molar-refractivity contribution >= 4 is 23.4 Å². The molecule has 4 rings (SSSR count). The Morgan fingerprint density at radius 2 is 1.68 bits per heavy atom. The molecule has 0 bridgehead atoms. The highest BCUT2D eigenvalue weighted by Crippen LogP contribution is 2.42. The highest BCUT2D eigenvalue weighted by atomic mass is 16.2. The van der Waals surface area contributed by atoms with Gasteiger partial charge in [0.2, 0.25) is 11.8 Å². The second kappa shape index (κ2) is 8.06. The van der Waals surface area contributed by atoms with E-state index in [9.17, 15) is 14.4 Å². The minimum Gasteiger partial charge on any atom is -0.378 e. The fourth-order valence-corrected chi connectivity index (χ4v) is 4.47. The average molecular weight is 421 g/mol. The molecular formula is C24H28N4O3. The second-order valence-corrected chi connectivity index (χ2v) is 8.68. The maximum atomic E-state index is 13.0. The normalized spacial score (nSPS) is 20.8. The quantitative estimate of drug-likeness (QED) is 0.621. The van der Waals surface area contributed by atoms with Gasteiger partial charge in [-0.05, 0) is 54.7 Å². The molecule has 0 spiro atoms. The number of nitrogens with two attached hydrogens (primary N) is 1. The Morgan fingerprint density at radius 3 is 2.26 bits per heavy atom. The summed E-state index contributed by atoms with van der Waals surface area (Å²) < 4.78 is 0. The van der Waals surface area contributed by atoms with Crippen LogP contribution < -0.4 is 21.3 Å². The number of primary amides is 1. The summed E-state index contributed by atoms with van der Waals surface area (Å²) in [6, 6.07) is 14.5. The molecular weight excluding hydrogens is 392 g/mol. The van der Waals surface area contributed by atoms with E-state index < -0.39 is 11.3 Å². The maximum absolute atomic E-state index is 13.0. The van der Waals surface area contributed by atoms with Crippen LogP contribution in [0.2, 0.25) is 0 Å². The number of amides is 3. The summed E-state index contributed by atoms with van der Waals surface area (Å²) in [6.45, 7) is 0. The van der Waals surface area contributed by atoms with Crippen molar-refractivity contribution < 1.29 is 14.4 Å². The molecule has 0 aliphatic heterocycles. The number of hydrogen-bond donors (Lipinski definition) is 3. The standard InChI is InChI=1S/C24H28N4O3/c1-28(2)17-10-8-15(9-11-17)21(29)27-20-18-7-4-3-6-16(18)14-19(20)26-23(31)24(22(25)30)12-5-13-24/h3-4,6-11,19-20H,5,12-14H2,1-2H3,(H2,25,30)(H,26,31)(H,27,29)/t19-,20-/m1/s1. The van der Waals surface area contributed by atoms with Crippen molar-refractivity contribution in [3.8, 4) is 0 Å². The lowest BCUT2D eigenvalue weighted by atomic mass is 9.67. The van der Waals surface area contributed by atoms with Crippen molar-refractivity contribution in [2.45, 2.75) is 37.8 Å². The largest absolute Gasteiger partial charge is 0.378 e. The fourth-order valence-electron chi connectivity index (χ4n) is 4.47. The molecule has 1 saturated carbocycles. The number of anilines is 1. The molecule has 2 aromatic carbocycles. The molecule has 4 N–H and O–H groups in total. The van der Waals surface area contributed by atoms with E-state index in [1.54, 1.807) is 12.1 Å². The second-order valence-electron chi connectivity index (χ2n) is 8.68. The molecule has 2 atom stereocenters. The van der Waals surface area contributed by atoms with Crippen LogP contribution in [0.3, 0.4) is 0 Å². The van der Waals surface area contributed by atoms with Gasteiger partial charge in [-0.25, -0.2) is 0 Å². The van der Waals surface area contributed by atoms with E-state index in [-0.39, 0.29) is 23.9 Å². The lowest BCUT2D eigenvalue weighted by Crippen LogP contribution is -2.57. The Morgan fingerprint density at radius 1 is 1.00 bits per heavy atom. The third-order valence-electron chi connectivity index (χ3n) is 6.59. The predicted octanol–water partition coefficient (Wildman–Crippen LogP) is 1.92. The molecule has 162 valence electrons. The maximum Gasteiger partial charge on any atom is 0.251 e. The number of rotatable bonds is 6. The van der Waals surface area contributed by atoms with Crippen LogP contribution in [-0.4, -0.2) is 37.9 Å². The number of carbonyl (C=O) groups excluding carboxylic acids is 3. The number of nitrogens with one attached hydrogen (secondary N) is 2. The number of fused-ring (bicyclic) bond motifs is 1. The Kier molecular flexibility index (Phi) is 5.43. The molecule has 0 aromatic heterocycles. The summed E-state index contributed by atoms with van der Waals surface area (Å²) in [5.41, 5.74) is 8.03. The van der Waals surface area contributed by atoms with Gasteiger partial charge < -0.3 is 21.3 Å². The highest BCUT2D eigenvalue weighted by molar-refractivity contribution is 6.05. The SMILES string of the molecule is CN(C)c1ccc(C(=O)N[C@@H]2c3ccccc3C[C@H]2NC(=O)C2(C(N)=O)CCC2)cc1. The molecule has 3 amide bonds. The zero-order chi connectivity index (χ0) is 22.2. The third kappa shape index (κ3) is 3.76. The molecule has 0 saturated heterocycles. The van der Waals surface area contributed by atoms with Crippen LogP contribution in [-0.2, 0) is 16.0 Å². The van der Waals surface area contributed by atoms with Crippen LogP contribution in [0.15, 0.2) is 48.5 Å². The van der Waals surface area contributed by atoms with Crippen molar-refractivity contribution in [3.63, 3.8) is 0 Å². The first-order chi connectivity index (χ1) is 14.8. The van der Waals surface area contributed by atoms with E-state index in [2.05, 4.69) is 10.6 Å². The summed E-state index contributed by atoms with van der Waals surface area (Å²) in [5.74, 6) is -1.12. The van der Waals surface area contributed by atoms with Gasteiger partial charge in [0, 0.05) is 25.3 Å². The van der Waals surface area contributed by atoms with Crippen molar-refractivity contribution in [2.24, 2.45) is 11.1 Å². The Balaban J connectivity index is 1.54. The van der Waals surface area contributed by atoms with Gasteiger partial charge in [-0.15, -0.1) is 0 Å². The Labute approximate surface area is 182 Å². The van der Waals surface area contributed by atoms with Gasteiger partial charge in [0.25, 0.3) is 5.91 Å². The lowest BCUT2D eigenvalue weighted by molar-refractivity contribution is -0.148. The van der Waals surface area contributed by atoms with Gasteiger partial charge in [0.1, 0.15) is 5.41 Å². The van der Waals surface area contributed by atoms with E-state index in [1.165, 1.54) is 0 Å². The number of benzene rings is 2. The highest BCUT2D eigenvalue weighted by Gasteiger charge is 2.50. The van der Waals surface area contributed by atoms with Gasteiger partial charge in [0.15, 0.2) is 0 Å². The Hall–Kier alpha value is -3.35. The summed E-state index contributed by atoms with van der Waals surface area (Å²) in [6.07, 6.45) is 2.35. The van der Waals surface area contributed by atoms with E-state index >= 15 is 0 Å². The van der Waals surface area contributed by atoms with Gasteiger partial charge in [-0.1, -0.05) is 30.7 Å². The molecule has 0 radical (unpaired) electrons. The monoisotopic (exact) mass is 420 g/mol. The molecule has 0 heterocycles. The number of nitrogens with zero attached hydrogens (tertiary/aromatic N) is 1. The average Bonchev–Trinajstić information content (AvgIpc) is 3.04. The first-order valence-corrected chi connectivity index (χ1v) is 10.6. The van der Waals surface area contributed by atoms with Crippen LogP contribution in [0.5, 0.6) is 0 Å². The molecule has 1 fully saturated rings. The molecule has 7 heteroatoms. The molecule has 2 aliphatic carbocycles. The fraction of sp³-hybridized carbons (Fsp3) is 0.375. The van der Waals surface area contributed by atoms with Gasteiger partial charge >= 0.3 is 0 Å². The van der Waals surface area contributed by atoms with E-state index in [1.807, 2.05) is 55.4 Å². The van der Waals surface area contributed by atoms with Crippen LogP contribution in [0.25, 0.3) is 0 Å². The van der Waals surface area contributed by atoms with Crippen molar-refractivity contribution in [2.75, 3.05) is 19.0 Å². The van der Waals surface area contributed by atoms with Crippen LogP contribution in [0.4, 0.5) is 5.69 Å². The summed E-state index contributed by atoms with van der Waals surface area (Å²) in [4.78, 5) is 39.9. The minimum atomic E-state index is -1.12. The van der Waals surface area contributed by atoms with Gasteiger partial charge in [-0.2, -0.15) is 0 Å². The van der Waals surface area contributed by atoms with E-state index in [0.717, 1.165) is 23.2 Å². The van der Waals surface area contributed by atoms with Crippen molar-refractivity contribution in [1.29, 1.82) is 0 Å². The van der Waals surface area contributed by atoms with Crippen molar-refractivity contribution in [1.82, 2.24) is 10.6 Å². The topological polar surface area (TPSA) is 105 Å². The molecule has 31 heavy (non-hydrogen) atoms. The summed E-state index contributed by atoms with van der Waals surface area (Å²) in [5, 5.41) is 6.11. The van der Waals surface area contributed by atoms with Crippen molar-refractivity contribution in [3.05, 3.63) is 65.2 Å². The first kappa shape index (κ1) is 20.9. The Bertz CT molecular complexity index is 1010. The smallest absolute Gasteiger partial charge is 0.251 e. The van der Waals surface area contributed by atoms with Crippen LogP contribution in [0, 0.1) is 5.41 Å². The van der Waals surface area contributed by atoms with E-state index in [0.29, 0.717) is 24.8 Å². The number of carbonyl (C=O) groups is 3. The third-order valence-corrected chi connectivity index (χ3v) is 6.59. The summed E-state index contributed by atoms with van der Waals surface area (Å²) in [7, 11) is 3.89. The molecule has 7 nitrogen and oxygen atoms in total. The minimum absolute atomic E-state index is 0.209. The molecule has 0 unspecified atom stereocenters. The lowest BCUT2D eigenvalue weighted by Gasteiger charge is -2.38. The zero-order valence-electron chi connectivity index (χ0n) is 17.9. The zero-order valence-corrected chi connectivity index (χ0v) is 17.9. The number of hydrogen-bond acceptors (Lipinski definition) is 4. The van der Waals surface area contributed by atoms with Gasteiger partial charge in [0.05, 0.1) is 12.1 Å². The predicted molar refractivity (Wildman–Crippen MR) is 119 cm³/mol. The van der Waals surface area contributed by atoms with Gasteiger partial charge in [-0.3, -0.25) is 14.4 Å². The molecule has 2 aliphatic rings. The van der Waals surface area contributed by atoms with Crippen LogP contribution >= 0.6 is 0 Å².